The lowest BCUT2D eigenvalue weighted by Crippen LogP contribution is -2.39. The molecule has 0 saturated carbocycles. The van der Waals surface area contributed by atoms with Crippen LogP contribution < -0.4 is 9.64 Å². The number of aryl methyl sites for hydroxylation is 1. The summed E-state index contributed by atoms with van der Waals surface area (Å²) in [5.74, 6) is 1.95. The molecule has 0 spiro atoms. The number of benzene rings is 3. The summed E-state index contributed by atoms with van der Waals surface area (Å²) in [5.41, 5.74) is 3.13. The van der Waals surface area contributed by atoms with Crippen LogP contribution in [-0.2, 0) is 12.1 Å². The van der Waals surface area contributed by atoms with Crippen LogP contribution in [0.15, 0.2) is 77.3 Å². The summed E-state index contributed by atoms with van der Waals surface area (Å²) in [7, 11) is 1.67. The lowest BCUT2D eigenvalue weighted by Gasteiger charge is -2.26. The summed E-state index contributed by atoms with van der Waals surface area (Å²) in [6, 6.07) is 24.4. The van der Waals surface area contributed by atoms with Crippen LogP contribution in [0.3, 0.4) is 0 Å². The molecule has 1 N–H and O–H groups in total. The SMILES string of the molecule is COc1ccc(N2C[C@@](O)(c3ccc(Br)cc3)[N+]3=C2CCc2ccccc23)cc1. The Bertz CT molecular complexity index is 1090. The molecule has 0 fully saturated rings. The summed E-state index contributed by atoms with van der Waals surface area (Å²) in [4.78, 5) is 2.23. The van der Waals surface area contributed by atoms with Gasteiger partial charge < -0.3 is 9.84 Å². The summed E-state index contributed by atoms with van der Waals surface area (Å²) >= 11 is 3.51. The van der Waals surface area contributed by atoms with E-state index in [1.807, 2.05) is 42.5 Å². The first-order chi connectivity index (χ1) is 14.1. The van der Waals surface area contributed by atoms with E-state index < -0.39 is 5.72 Å². The van der Waals surface area contributed by atoms with Crippen LogP contribution in [0.5, 0.6) is 5.75 Å². The predicted octanol–water partition coefficient (Wildman–Crippen LogP) is 4.81. The minimum absolute atomic E-state index is 0.463. The molecular weight excluding hydrogens is 428 g/mol. The van der Waals surface area contributed by atoms with Gasteiger partial charge in [-0.15, -0.1) is 0 Å². The Morgan fingerprint density at radius 3 is 2.41 bits per heavy atom. The fraction of sp³-hybridized carbons (Fsp3) is 0.208. The van der Waals surface area contributed by atoms with Gasteiger partial charge in [0.05, 0.1) is 13.5 Å². The number of anilines is 1. The first-order valence-electron chi connectivity index (χ1n) is 9.74. The van der Waals surface area contributed by atoms with Gasteiger partial charge >= 0.3 is 0 Å². The molecule has 0 unspecified atom stereocenters. The zero-order valence-corrected chi connectivity index (χ0v) is 17.8. The second-order valence-corrected chi connectivity index (χ2v) is 8.40. The number of rotatable bonds is 3. The van der Waals surface area contributed by atoms with Crippen molar-refractivity contribution >= 4 is 33.1 Å². The number of methoxy groups -OCH3 is 1. The molecular formula is C24H22BrN2O2+. The quantitative estimate of drug-likeness (QED) is 0.582. The van der Waals surface area contributed by atoms with Crippen LogP contribution in [0, 0.1) is 0 Å². The zero-order chi connectivity index (χ0) is 20.0. The van der Waals surface area contributed by atoms with Gasteiger partial charge in [0.2, 0.25) is 0 Å². The van der Waals surface area contributed by atoms with Crippen molar-refractivity contribution in [3.63, 3.8) is 0 Å². The van der Waals surface area contributed by atoms with E-state index in [1.165, 1.54) is 5.56 Å². The van der Waals surface area contributed by atoms with Gasteiger partial charge in [-0.3, -0.25) is 0 Å². The smallest absolute Gasteiger partial charge is 0.275 e. The largest absolute Gasteiger partial charge is 0.497 e. The predicted molar refractivity (Wildman–Crippen MR) is 118 cm³/mol. The topological polar surface area (TPSA) is 35.7 Å². The standard InChI is InChI=1S/C24H22BrN2O2/c1-29-21-13-11-20(12-14-21)26-16-24(28,18-7-9-19(25)10-8-18)27-22-5-3-2-4-17(22)6-15-23(26)27/h2-5,7-14,28H,6,15-16H2,1H3/q+1/t24-/m1/s1. The molecule has 0 aliphatic carbocycles. The number of β-amino-alcohol motifs (C(OH)–C–C–N with tert-alkyl or cyclic N) is 1. The second-order valence-electron chi connectivity index (χ2n) is 7.49. The van der Waals surface area contributed by atoms with Crippen molar-refractivity contribution in [2.75, 3.05) is 18.6 Å². The number of amidine groups is 1. The maximum absolute atomic E-state index is 12.1. The van der Waals surface area contributed by atoms with Crippen LogP contribution in [-0.4, -0.2) is 29.2 Å². The van der Waals surface area contributed by atoms with Crippen LogP contribution in [0.2, 0.25) is 0 Å². The highest BCUT2D eigenvalue weighted by molar-refractivity contribution is 9.10. The Hall–Kier alpha value is -2.63. The van der Waals surface area contributed by atoms with Crippen LogP contribution in [0.1, 0.15) is 17.5 Å². The molecule has 5 heteroatoms. The van der Waals surface area contributed by atoms with Gasteiger partial charge in [-0.2, -0.15) is 4.58 Å². The molecule has 0 saturated heterocycles. The van der Waals surface area contributed by atoms with Gasteiger partial charge in [0.1, 0.15) is 17.1 Å². The van der Waals surface area contributed by atoms with Crippen molar-refractivity contribution in [3.05, 3.63) is 88.4 Å². The fourth-order valence-corrected chi connectivity index (χ4v) is 4.69. The summed E-state index contributed by atoms with van der Waals surface area (Å²) in [5, 5.41) is 12.1. The zero-order valence-electron chi connectivity index (χ0n) is 16.2. The van der Waals surface area contributed by atoms with Crippen molar-refractivity contribution in [2.45, 2.75) is 18.6 Å². The molecule has 146 valence electrons. The molecule has 1 atom stereocenters. The van der Waals surface area contributed by atoms with Crippen molar-refractivity contribution in [2.24, 2.45) is 0 Å². The van der Waals surface area contributed by atoms with Gasteiger partial charge in [0, 0.05) is 10.0 Å². The highest BCUT2D eigenvalue weighted by Gasteiger charge is 2.54. The highest BCUT2D eigenvalue weighted by Crippen LogP contribution is 2.42. The number of fused-ring (bicyclic) bond motifs is 2. The number of halogens is 1. The summed E-state index contributed by atoms with van der Waals surface area (Å²) in [6.07, 6.45) is 1.84. The first kappa shape index (κ1) is 18.4. The summed E-state index contributed by atoms with van der Waals surface area (Å²) in [6.45, 7) is 0.463. The molecule has 0 radical (unpaired) electrons. The maximum Gasteiger partial charge on any atom is 0.275 e. The van der Waals surface area contributed by atoms with Gasteiger partial charge in [-0.1, -0.05) is 46.3 Å². The van der Waals surface area contributed by atoms with Crippen LogP contribution in [0.4, 0.5) is 11.4 Å². The normalized spacial score (nSPS) is 20.4. The van der Waals surface area contributed by atoms with E-state index in [-0.39, 0.29) is 0 Å². The third-order valence-corrected chi connectivity index (χ3v) is 6.39. The van der Waals surface area contributed by atoms with E-state index in [0.717, 1.165) is 45.8 Å². The molecule has 29 heavy (non-hydrogen) atoms. The maximum atomic E-state index is 12.1. The van der Waals surface area contributed by atoms with E-state index in [2.05, 4.69) is 55.7 Å². The first-order valence-corrected chi connectivity index (χ1v) is 10.5. The van der Waals surface area contributed by atoms with Gasteiger partial charge in [-0.05, 0) is 54.4 Å². The van der Waals surface area contributed by atoms with Crippen LogP contribution in [0.25, 0.3) is 0 Å². The Balaban J connectivity index is 1.68. The minimum Gasteiger partial charge on any atom is -0.497 e. The van der Waals surface area contributed by atoms with Crippen molar-refractivity contribution in [1.82, 2.24) is 0 Å². The molecule has 3 aromatic rings. The lowest BCUT2D eigenvalue weighted by atomic mass is 9.98. The Labute approximate surface area is 178 Å². The third-order valence-electron chi connectivity index (χ3n) is 5.86. The number of aliphatic hydroxyl groups is 1. The van der Waals surface area contributed by atoms with Gasteiger partial charge in [0.15, 0.2) is 6.54 Å². The highest BCUT2D eigenvalue weighted by atomic mass is 79.9. The Morgan fingerprint density at radius 2 is 1.69 bits per heavy atom. The molecule has 2 aliphatic rings. The number of hydrogen-bond acceptors (Lipinski definition) is 3. The number of nitrogens with zero attached hydrogens (tertiary/aromatic N) is 2. The molecule has 0 bridgehead atoms. The van der Waals surface area contributed by atoms with E-state index in [1.54, 1.807) is 7.11 Å². The van der Waals surface area contributed by atoms with Gasteiger partial charge in [-0.25, -0.2) is 4.90 Å². The Morgan fingerprint density at radius 1 is 0.966 bits per heavy atom. The molecule has 5 rings (SSSR count). The van der Waals surface area contributed by atoms with Gasteiger partial charge in [0.25, 0.3) is 11.6 Å². The average Bonchev–Trinajstić information content (AvgIpc) is 3.08. The van der Waals surface area contributed by atoms with E-state index in [4.69, 9.17) is 4.74 Å². The lowest BCUT2D eigenvalue weighted by molar-refractivity contribution is -0.594. The monoisotopic (exact) mass is 449 g/mol. The van der Waals surface area contributed by atoms with Crippen molar-refractivity contribution < 1.29 is 14.4 Å². The average molecular weight is 450 g/mol. The number of hydrogen-bond donors (Lipinski definition) is 1. The van der Waals surface area contributed by atoms with E-state index >= 15 is 0 Å². The third kappa shape index (κ3) is 2.96. The van der Waals surface area contributed by atoms with Crippen molar-refractivity contribution in [1.29, 1.82) is 0 Å². The molecule has 0 aromatic heterocycles. The molecule has 2 heterocycles. The number of ether oxygens (including phenoxy) is 1. The van der Waals surface area contributed by atoms with E-state index in [0.29, 0.717) is 6.54 Å². The number of para-hydroxylation sites is 1. The molecule has 3 aromatic carbocycles. The molecule has 4 nitrogen and oxygen atoms in total. The fourth-order valence-electron chi connectivity index (χ4n) is 4.43. The van der Waals surface area contributed by atoms with E-state index in [9.17, 15) is 5.11 Å². The van der Waals surface area contributed by atoms with Crippen molar-refractivity contribution in [3.8, 4) is 5.75 Å². The molecule has 0 amide bonds. The second kappa shape index (κ2) is 7.01. The molecule has 2 aliphatic heterocycles. The van der Waals surface area contributed by atoms with Crippen LogP contribution >= 0.6 is 15.9 Å². The minimum atomic E-state index is -1.15. The Kier molecular flexibility index (Phi) is 4.45. The summed E-state index contributed by atoms with van der Waals surface area (Å²) < 4.78 is 8.44.